The average Bonchev–Trinajstić information content (AvgIpc) is 3.48. The molecule has 10 nitrogen and oxygen atoms in total. The summed E-state index contributed by atoms with van der Waals surface area (Å²) in [5.74, 6) is -0.622. The van der Waals surface area contributed by atoms with E-state index in [1.54, 1.807) is 23.9 Å². The van der Waals surface area contributed by atoms with Crippen molar-refractivity contribution in [2.75, 3.05) is 32.3 Å². The zero-order valence-electron chi connectivity index (χ0n) is 21.1. The van der Waals surface area contributed by atoms with E-state index in [2.05, 4.69) is 5.10 Å². The van der Waals surface area contributed by atoms with Gasteiger partial charge in [-0.05, 0) is 43.9 Å². The smallest absolute Gasteiger partial charge is 0.414 e. The molecule has 1 aromatic carbocycles. The largest absolute Gasteiger partial charge is 0.449 e. The second kappa shape index (κ2) is 10.9. The molecule has 2 aromatic heterocycles. The highest BCUT2D eigenvalue weighted by atomic mass is 35.5. The summed E-state index contributed by atoms with van der Waals surface area (Å²) < 4.78 is 19.1. The second-order valence-electron chi connectivity index (χ2n) is 8.65. The Morgan fingerprint density at radius 3 is 2.69 bits per heavy atom. The molecule has 0 saturated carbocycles. The van der Waals surface area contributed by atoms with Gasteiger partial charge >= 0.3 is 12.0 Å². The highest BCUT2D eigenvalue weighted by molar-refractivity contribution is 6.36. The predicted molar refractivity (Wildman–Crippen MR) is 135 cm³/mol. The Balaban J connectivity index is 1.98. The van der Waals surface area contributed by atoms with Gasteiger partial charge in [0, 0.05) is 43.9 Å². The predicted octanol–water partition coefficient (Wildman–Crippen LogP) is 5.04. The third-order valence-corrected chi connectivity index (χ3v) is 6.66. The molecule has 1 unspecified atom stereocenters. The zero-order valence-corrected chi connectivity index (χ0v) is 21.9. The number of hydroxylamine groups is 2. The van der Waals surface area contributed by atoms with E-state index >= 15 is 0 Å². The number of hydrogen-bond acceptors (Lipinski definition) is 7. The minimum absolute atomic E-state index is 0.0193. The van der Waals surface area contributed by atoms with Crippen LogP contribution in [0.2, 0.25) is 5.02 Å². The fourth-order valence-electron chi connectivity index (χ4n) is 4.49. The molecule has 1 saturated heterocycles. The van der Waals surface area contributed by atoms with E-state index in [1.165, 1.54) is 19.1 Å². The van der Waals surface area contributed by atoms with Crippen LogP contribution in [0.25, 0.3) is 22.1 Å². The Morgan fingerprint density at radius 2 is 2.06 bits per heavy atom. The quantitative estimate of drug-likeness (QED) is 0.404. The molecular weight excluding hydrogens is 488 g/mol. The van der Waals surface area contributed by atoms with Crippen molar-refractivity contribution in [1.82, 2.24) is 14.8 Å². The number of carbonyl (C=O) groups excluding carboxylic acids is 2. The zero-order chi connectivity index (χ0) is 26.0. The summed E-state index contributed by atoms with van der Waals surface area (Å²) in [7, 11) is 4.67. The van der Waals surface area contributed by atoms with Crippen molar-refractivity contribution < 1.29 is 28.3 Å². The maximum atomic E-state index is 13.5. The Morgan fingerprint density at radius 1 is 1.28 bits per heavy atom. The number of amides is 2. The summed E-state index contributed by atoms with van der Waals surface area (Å²) in [6, 6.07) is 3.33. The molecule has 11 heteroatoms. The summed E-state index contributed by atoms with van der Waals surface area (Å²) in [5, 5.41) is 6.10. The molecular formula is C25H31ClN4O6. The maximum Gasteiger partial charge on any atom is 0.414 e. The van der Waals surface area contributed by atoms with Crippen molar-refractivity contribution in [3.8, 4) is 11.1 Å². The van der Waals surface area contributed by atoms with Crippen molar-refractivity contribution in [3.63, 3.8) is 0 Å². The van der Waals surface area contributed by atoms with E-state index < -0.39 is 12.0 Å². The third kappa shape index (κ3) is 4.93. The minimum atomic E-state index is -0.570. The standard InChI is InChI=1S/C25H31ClN4O6/c1-6-18-12-17(8-9-35-18)30(25(32)34-7-2)21-19-10-15(16-13-27-28(3)14-16)11-20(26)22(19)36-23(21)24(31)29(4)33-5/h10-11,13-14,17-18H,6-9,12H2,1-5H3/t17?,18-/m0/s1. The number of benzene rings is 1. The first-order valence-corrected chi connectivity index (χ1v) is 12.3. The number of hydrogen-bond donors (Lipinski definition) is 0. The van der Waals surface area contributed by atoms with Gasteiger partial charge in [-0.1, -0.05) is 18.5 Å². The van der Waals surface area contributed by atoms with Gasteiger partial charge in [-0.15, -0.1) is 0 Å². The van der Waals surface area contributed by atoms with E-state index in [-0.39, 0.29) is 24.5 Å². The van der Waals surface area contributed by atoms with Crippen molar-refractivity contribution >= 4 is 40.3 Å². The SMILES string of the molecule is CCOC(=O)N(c1c(C(=O)N(C)OC)oc2c(Cl)cc(-c3cnn(C)c3)cc12)C1CCO[C@@H](CC)C1. The van der Waals surface area contributed by atoms with Crippen molar-refractivity contribution in [3.05, 3.63) is 35.3 Å². The molecule has 1 fully saturated rings. The normalized spacial score (nSPS) is 17.8. The topological polar surface area (TPSA) is 99.3 Å². The first kappa shape index (κ1) is 26.0. The summed E-state index contributed by atoms with van der Waals surface area (Å²) in [4.78, 5) is 33.5. The van der Waals surface area contributed by atoms with Crippen LogP contribution in [-0.4, -0.2) is 66.4 Å². The molecule has 0 bridgehead atoms. The molecule has 194 valence electrons. The van der Waals surface area contributed by atoms with Gasteiger partial charge in [0.25, 0.3) is 0 Å². The van der Waals surface area contributed by atoms with E-state index in [0.717, 1.165) is 22.6 Å². The molecule has 0 spiro atoms. The van der Waals surface area contributed by atoms with E-state index in [1.807, 2.05) is 26.2 Å². The molecule has 0 aliphatic carbocycles. The molecule has 0 N–H and O–H groups in total. The fourth-order valence-corrected chi connectivity index (χ4v) is 4.75. The van der Waals surface area contributed by atoms with Gasteiger partial charge in [0.1, 0.15) is 5.69 Å². The van der Waals surface area contributed by atoms with Crippen molar-refractivity contribution in [2.45, 2.75) is 45.3 Å². The summed E-state index contributed by atoms with van der Waals surface area (Å²) in [6.45, 7) is 4.44. The van der Waals surface area contributed by atoms with Gasteiger partial charge in [0.05, 0.1) is 31.0 Å². The van der Waals surface area contributed by atoms with Gasteiger partial charge in [0.2, 0.25) is 5.76 Å². The molecule has 1 aliphatic rings. The Hall–Kier alpha value is -3.08. The van der Waals surface area contributed by atoms with Crippen molar-refractivity contribution in [1.29, 1.82) is 0 Å². The number of anilines is 1. The van der Waals surface area contributed by atoms with E-state index in [4.69, 9.17) is 30.3 Å². The van der Waals surface area contributed by atoms with Crippen LogP contribution in [0.4, 0.5) is 10.5 Å². The molecule has 36 heavy (non-hydrogen) atoms. The number of fused-ring (bicyclic) bond motifs is 1. The minimum Gasteiger partial charge on any atom is -0.449 e. The van der Waals surface area contributed by atoms with Gasteiger partial charge in [-0.25, -0.2) is 9.86 Å². The fraction of sp³-hybridized carbons (Fsp3) is 0.480. The van der Waals surface area contributed by atoms with Gasteiger partial charge in [-0.3, -0.25) is 19.2 Å². The molecule has 2 amide bonds. The number of furan rings is 1. The van der Waals surface area contributed by atoms with Crippen LogP contribution in [0, 0.1) is 0 Å². The lowest BCUT2D eigenvalue weighted by Crippen LogP contribution is -2.46. The summed E-state index contributed by atoms with van der Waals surface area (Å²) >= 11 is 6.67. The number of aromatic nitrogens is 2. The molecule has 0 radical (unpaired) electrons. The molecule has 1 aliphatic heterocycles. The first-order valence-electron chi connectivity index (χ1n) is 11.9. The number of carbonyl (C=O) groups is 2. The number of aryl methyl sites for hydroxylation is 1. The number of nitrogens with zero attached hydrogens (tertiary/aromatic N) is 4. The molecule has 4 rings (SSSR count). The number of halogens is 1. The highest BCUT2D eigenvalue weighted by Gasteiger charge is 2.38. The summed E-state index contributed by atoms with van der Waals surface area (Å²) in [6.07, 6.45) is 4.95. The van der Waals surface area contributed by atoms with Gasteiger partial charge in [-0.2, -0.15) is 5.10 Å². The van der Waals surface area contributed by atoms with E-state index in [0.29, 0.717) is 41.1 Å². The number of rotatable bonds is 7. The Bertz CT molecular complexity index is 1250. The van der Waals surface area contributed by atoms with Gasteiger partial charge < -0.3 is 13.9 Å². The monoisotopic (exact) mass is 518 g/mol. The molecule has 2 atom stereocenters. The van der Waals surface area contributed by atoms with Crippen LogP contribution < -0.4 is 4.90 Å². The summed E-state index contributed by atoms with van der Waals surface area (Å²) in [5.41, 5.74) is 2.19. The lowest BCUT2D eigenvalue weighted by atomic mass is 9.98. The van der Waals surface area contributed by atoms with Gasteiger partial charge in [0.15, 0.2) is 5.58 Å². The van der Waals surface area contributed by atoms with E-state index in [9.17, 15) is 9.59 Å². The van der Waals surface area contributed by atoms with Crippen LogP contribution in [0.5, 0.6) is 0 Å². The van der Waals surface area contributed by atoms with Crippen LogP contribution >= 0.6 is 11.6 Å². The highest BCUT2D eigenvalue weighted by Crippen LogP contribution is 2.43. The second-order valence-corrected chi connectivity index (χ2v) is 9.06. The van der Waals surface area contributed by atoms with Crippen LogP contribution in [0.15, 0.2) is 28.9 Å². The van der Waals surface area contributed by atoms with Crippen molar-refractivity contribution in [2.24, 2.45) is 7.05 Å². The Labute approximate surface area is 214 Å². The lowest BCUT2D eigenvalue weighted by molar-refractivity contribution is -0.0772. The third-order valence-electron chi connectivity index (χ3n) is 6.38. The van der Waals surface area contributed by atoms with Crippen LogP contribution in [-0.2, 0) is 21.4 Å². The molecule has 3 heterocycles. The Kier molecular flexibility index (Phi) is 7.87. The van der Waals surface area contributed by atoms with Crippen LogP contribution in [0.3, 0.4) is 0 Å². The lowest BCUT2D eigenvalue weighted by Gasteiger charge is -2.36. The number of ether oxygens (including phenoxy) is 2. The van der Waals surface area contributed by atoms with Crippen LogP contribution in [0.1, 0.15) is 43.7 Å². The molecule has 3 aromatic rings. The average molecular weight is 519 g/mol. The first-order chi connectivity index (χ1) is 17.3. The maximum absolute atomic E-state index is 13.5.